The first-order valence-electron chi connectivity index (χ1n) is 6.01. The molecule has 5 heteroatoms. The van der Waals surface area contributed by atoms with Gasteiger partial charge in [0, 0.05) is 32.4 Å². The van der Waals surface area contributed by atoms with Gasteiger partial charge in [-0.2, -0.15) is 5.26 Å². The molecule has 0 saturated carbocycles. The third kappa shape index (κ3) is 4.32. The average molecular weight is 248 g/mol. The Labute approximate surface area is 108 Å². The molecule has 18 heavy (non-hydrogen) atoms. The van der Waals surface area contributed by atoms with Gasteiger partial charge in [0.1, 0.15) is 5.82 Å². The van der Waals surface area contributed by atoms with E-state index in [0.29, 0.717) is 19.6 Å². The number of ether oxygens (including phenoxy) is 1. The third-order valence-electron chi connectivity index (χ3n) is 2.68. The smallest absolute Gasteiger partial charge is 0.128 e. The van der Waals surface area contributed by atoms with Gasteiger partial charge in [0.25, 0.3) is 0 Å². The van der Waals surface area contributed by atoms with Crippen LogP contribution in [0.4, 0.5) is 5.82 Å². The number of nitrogens with two attached hydrogens (primary N) is 1. The number of aromatic nitrogens is 1. The zero-order valence-electron chi connectivity index (χ0n) is 11.0. The third-order valence-corrected chi connectivity index (χ3v) is 2.68. The molecule has 98 valence electrons. The van der Waals surface area contributed by atoms with E-state index in [0.717, 1.165) is 17.9 Å². The van der Waals surface area contributed by atoms with Crippen LogP contribution in [-0.2, 0) is 4.74 Å². The molecule has 1 unspecified atom stereocenters. The quantitative estimate of drug-likeness (QED) is 0.790. The second kappa shape index (κ2) is 7.64. The Hall–Kier alpha value is -1.64. The van der Waals surface area contributed by atoms with Gasteiger partial charge in [-0.25, -0.2) is 4.98 Å². The van der Waals surface area contributed by atoms with Crippen molar-refractivity contribution in [3.8, 4) is 6.07 Å². The van der Waals surface area contributed by atoms with Gasteiger partial charge in [-0.3, -0.25) is 0 Å². The molecular weight excluding hydrogens is 228 g/mol. The number of hydrogen-bond acceptors (Lipinski definition) is 5. The van der Waals surface area contributed by atoms with Crippen molar-refractivity contribution in [3.05, 3.63) is 23.9 Å². The molecule has 5 nitrogen and oxygen atoms in total. The number of anilines is 1. The summed E-state index contributed by atoms with van der Waals surface area (Å²) in [5.41, 5.74) is 6.79. The number of hydrogen-bond donors (Lipinski definition) is 1. The van der Waals surface area contributed by atoms with E-state index in [9.17, 15) is 0 Å². The van der Waals surface area contributed by atoms with Crippen LogP contribution in [0.25, 0.3) is 0 Å². The van der Waals surface area contributed by atoms with Gasteiger partial charge in [-0.1, -0.05) is 6.07 Å². The number of nitriles is 1. The maximum Gasteiger partial charge on any atom is 0.128 e. The van der Waals surface area contributed by atoms with Crippen LogP contribution in [0, 0.1) is 11.3 Å². The van der Waals surface area contributed by atoms with Crippen molar-refractivity contribution < 1.29 is 4.74 Å². The Morgan fingerprint density at radius 3 is 2.78 bits per heavy atom. The molecule has 1 heterocycles. The van der Waals surface area contributed by atoms with Crippen molar-refractivity contribution >= 4 is 5.82 Å². The van der Waals surface area contributed by atoms with E-state index in [2.05, 4.69) is 11.1 Å². The van der Waals surface area contributed by atoms with E-state index < -0.39 is 0 Å². The van der Waals surface area contributed by atoms with Gasteiger partial charge in [0.15, 0.2) is 0 Å². The van der Waals surface area contributed by atoms with Crippen molar-refractivity contribution in [1.82, 2.24) is 4.98 Å². The highest BCUT2D eigenvalue weighted by atomic mass is 16.5. The van der Waals surface area contributed by atoms with Gasteiger partial charge in [-0.05, 0) is 18.6 Å². The molecule has 1 aromatic rings. The van der Waals surface area contributed by atoms with Crippen LogP contribution >= 0.6 is 0 Å². The molecule has 2 N–H and O–H groups in total. The highest BCUT2D eigenvalue weighted by Gasteiger charge is 2.08. The molecule has 1 aromatic heterocycles. The molecule has 0 saturated heterocycles. The van der Waals surface area contributed by atoms with Crippen molar-refractivity contribution in [2.24, 2.45) is 5.73 Å². The summed E-state index contributed by atoms with van der Waals surface area (Å²) in [6.07, 6.45) is 2.26. The molecule has 0 aliphatic heterocycles. The van der Waals surface area contributed by atoms with E-state index >= 15 is 0 Å². The molecule has 0 spiro atoms. The zero-order valence-corrected chi connectivity index (χ0v) is 11.0. The standard InChI is InChI=1S/C13H20N4O/c1-11(15)12-4-5-13(16-10-12)17(7-3-6-14)8-9-18-2/h4-5,10-11H,3,7-9,15H2,1-2H3. The molecular formula is C13H20N4O. The number of pyridine rings is 1. The molecule has 1 rings (SSSR count). The SMILES string of the molecule is COCCN(CCC#N)c1ccc(C(C)N)cn1. The van der Waals surface area contributed by atoms with Crippen LogP contribution in [0.15, 0.2) is 18.3 Å². The Bertz CT molecular complexity index is 383. The van der Waals surface area contributed by atoms with Crippen LogP contribution < -0.4 is 10.6 Å². The summed E-state index contributed by atoms with van der Waals surface area (Å²) in [5.74, 6) is 0.853. The molecule has 0 aliphatic carbocycles. The normalized spacial score (nSPS) is 11.9. The van der Waals surface area contributed by atoms with Gasteiger partial charge in [-0.15, -0.1) is 0 Å². The summed E-state index contributed by atoms with van der Waals surface area (Å²) in [5, 5.41) is 8.66. The molecule has 0 bridgehead atoms. The lowest BCUT2D eigenvalue weighted by atomic mass is 10.1. The maximum atomic E-state index is 8.66. The first-order valence-corrected chi connectivity index (χ1v) is 6.01. The summed E-state index contributed by atoms with van der Waals surface area (Å²) in [6, 6.07) is 6.04. The number of nitrogens with zero attached hydrogens (tertiary/aromatic N) is 3. The van der Waals surface area contributed by atoms with E-state index in [4.69, 9.17) is 15.7 Å². The summed E-state index contributed by atoms with van der Waals surface area (Å²) in [7, 11) is 1.66. The highest BCUT2D eigenvalue weighted by Crippen LogP contribution is 2.14. The fourth-order valence-corrected chi connectivity index (χ4v) is 1.58. The molecule has 0 amide bonds. The molecule has 0 fully saturated rings. The molecule has 0 aliphatic rings. The molecule has 1 atom stereocenters. The topological polar surface area (TPSA) is 75.2 Å². The fourth-order valence-electron chi connectivity index (χ4n) is 1.58. The lowest BCUT2D eigenvalue weighted by molar-refractivity contribution is 0.205. The average Bonchev–Trinajstić information content (AvgIpc) is 2.39. The Morgan fingerprint density at radius 2 is 2.28 bits per heavy atom. The molecule has 0 aromatic carbocycles. The maximum absolute atomic E-state index is 8.66. The first kappa shape index (κ1) is 14.4. The lowest BCUT2D eigenvalue weighted by Crippen LogP contribution is -2.29. The fraction of sp³-hybridized carbons (Fsp3) is 0.538. The summed E-state index contributed by atoms with van der Waals surface area (Å²) < 4.78 is 5.06. The largest absolute Gasteiger partial charge is 0.383 e. The second-order valence-corrected chi connectivity index (χ2v) is 4.13. The van der Waals surface area contributed by atoms with E-state index in [-0.39, 0.29) is 6.04 Å². The van der Waals surface area contributed by atoms with Crippen LogP contribution in [0.5, 0.6) is 0 Å². The van der Waals surface area contributed by atoms with E-state index in [1.807, 2.05) is 24.0 Å². The monoisotopic (exact) mass is 248 g/mol. The lowest BCUT2D eigenvalue weighted by Gasteiger charge is -2.22. The van der Waals surface area contributed by atoms with Crippen molar-refractivity contribution in [3.63, 3.8) is 0 Å². The van der Waals surface area contributed by atoms with Crippen molar-refractivity contribution in [2.45, 2.75) is 19.4 Å². The van der Waals surface area contributed by atoms with Crippen molar-refractivity contribution in [1.29, 1.82) is 5.26 Å². The Balaban J connectivity index is 2.74. The zero-order chi connectivity index (χ0) is 13.4. The highest BCUT2D eigenvalue weighted by molar-refractivity contribution is 5.39. The van der Waals surface area contributed by atoms with Gasteiger partial charge >= 0.3 is 0 Å². The van der Waals surface area contributed by atoms with Gasteiger partial charge < -0.3 is 15.4 Å². The summed E-state index contributed by atoms with van der Waals surface area (Å²) >= 11 is 0. The first-order chi connectivity index (χ1) is 8.69. The number of methoxy groups -OCH3 is 1. The van der Waals surface area contributed by atoms with E-state index in [1.54, 1.807) is 13.3 Å². The van der Waals surface area contributed by atoms with E-state index in [1.165, 1.54) is 0 Å². The second-order valence-electron chi connectivity index (χ2n) is 4.13. The summed E-state index contributed by atoms with van der Waals surface area (Å²) in [4.78, 5) is 6.43. The predicted molar refractivity (Wildman–Crippen MR) is 71.2 cm³/mol. The van der Waals surface area contributed by atoms with Crippen LogP contribution in [0.1, 0.15) is 24.9 Å². The van der Waals surface area contributed by atoms with Gasteiger partial charge in [0.2, 0.25) is 0 Å². The minimum absolute atomic E-state index is 0.0157. The van der Waals surface area contributed by atoms with Crippen LogP contribution in [-0.4, -0.2) is 31.8 Å². The Kier molecular flexibility index (Phi) is 6.12. The van der Waals surface area contributed by atoms with Crippen LogP contribution in [0.2, 0.25) is 0 Å². The van der Waals surface area contributed by atoms with Gasteiger partial charge in [0.05, 0.1) is 19.1 Å². The summed E-state index contributed by atoms with van der Waals surface area (Å²) in [6.45, 7) is 3.92. The number of rotatable bonds is 7. The minimum Gasteiger partial charge on any atom is -0.383 e. The predicted octanol–water partition coefficient (Wildman–Crippen LogP) is 1.47. The molecule has 0 radical (unpaired) electrons. The van der Waals surface area contributed by atoms with Crippen LogP contribution in [0.3, 0.4) is 0 Å². The van der Waals surface area contributed by atoms with Crippen molar-refractivity contribution in [2.75, 3.05) is 31.7 Å². The Morgan fingerprint density at radius 1 is 1.50 bits per heavy atom. The minimum atomic E-state index is -0.0157.